The van der Waals surface area contributed by atoms with Crippen LogP contribution in [-0.4, -0.2) is 24.2 Å². The standard InChI is InChI=1S/C14H13ClN4O2/c1-20-13-10(14(21-2)19-8-18-13)7-17-12-4-3-9(6-16)5-11(12)15/h3-5,8,17H,7H2,1-2H3. The Morgan fingerprint density at radius 3 is 2.43 bits per heavy atom. The summed E-state index contributed by atoms with van der Waals surface area (Å²) in [6, 6.07) is 7.05. The van der Waals surface area contributed by atoms with Crippen LogP contribution in [0.5, 0.6) is 11.8 Å². The molecule has 6 nitrogen and oxygen atoms in total. The minimum Gasteiger partial charge on any atom is -0.481 e. The van der Waals surface area contributed by atoms with Crippen molar-refractivity contribution in [2.24, 2.45) is 0 Å². The van der Waals surface area contributed by atoms with E-state index in [0.29, 0.717) is 40.1 Å². The smallest absolute Gasteiger partial charge is 0.225 e. The molecule has 0 fully saturated rings. The molecule has 1 aromatic heterocycles. The van der Waals surface area contributed by atoms with Crippen molar-refractivity contribution in [2.45, 2.75) is 6.54 Å². The molecule has 2 rings (SSSR count). The molecular formula is C14H13ClN4O2. The normalized spacial score (nSPS) is 9.81. The second kappa shape index (κ2) is 6.77. The maximum absolute atomic E-state index is 8.82. The summed E-state index contributed by atoms with van der Waals surface area (Å²) >= 11 is 6.11. The van der Waals surface area contributed by atoms with Crippen molar-refractivity contribution in [3.05, 3.63) is 40.7 Å². The third-order valence-corrected chi connectivity index (χ3v) is 3.12. The van der Waals surface area contributed by atoms with Gasteiger partial charge in [-0.05, 0) is 18.2 Å². The molecule has 0 aliphatic rings. The Morgan fingerprint density at radius 2 is 1.90 bits per heavy atom. The lowest BCUT2D eigenvalue weighted by molar-refractivity contribution is 0.363. The second-order valence-electron chi connectivity index (χ2n) is 4.03. The van der Waals surface area contributed by atoms with Gasteiger partial charge in [-0.15, -0.1) is 0 Å². The van der Waals surface area contributed by atoms with Gasteiger partial charge in [0, 0.05) is 0 Å². The van der Waals surface area contributed by atoms with Gasteiger partial charge in [0.25, 0.3) is 0 Å². The molecule has 0 aliphatic heterocycles. The first kappa shape index (κ1) is 14.9. The number of hydrogen-bond donors (Lipinski definition) is 1. The van der Waals surface area contributed by atoms with E-state index in [4.69, 9.17) is 26.3 Å². The van der Waals surface area contributed by atoms with Crippen molar-refractivity contribution in [3.63, 3.8) is 0 Å². The largest absolute Gasteiger partial charge is 0.481 e. The molecule has 0 saturated carbocycles. The van der Waals surface area contributed by atoms with Crippen LogP contribution in [0.3, 0.4) is 0 Å². The van der Waals surface area contributed by atoms with Gasteiger partial charge in [0.2, 0.25) is 11.8 Å². The van der Waals surface area contributed by atoms with Crippen LogP contribution in [-0.2, 0) is 6.54 Å². The minimum absolute atomic E-state index is 0.374. The monoisotopic (exact) mass is 304 g/mol. The maximum Gasteiger partial charge on any atom is 0.225 e. The number of nitrogens with zero attached hydrogens (tertiary/aromatic N) is 3. The molecule has 0 radical (unpaired) electrons. The Kier molecular flexibility index (Phi) is 4.80. The molecule has 0 spiro atoms. The fourth-order valence-corrected chi connectivity index (χ4v) is 2.04. The molecule has 0 amide bonds. The van der Waals surface area contributed by atoms with Gasteiger partial charge in [-0.3, -0.25) is 0 Å². The molecule has 1 N–H and O–H groups in total. The topological polar surface area (TPSA) is 80.1 Å². The van der Waals surface area contributed by atoms with E-state index < -0.39 is 0 Å². The summed E-state index contributed by atoms with van der Waals surface area (Å²) in [7, 11) is 3.06. The fourth-order valence-electron chi connectivity index (χ4n) is 1.80. The van der Waals surface area contributed by atoms with Crippen LogP contribution in [0.25, 0.3) is 0 Å². The first-order valence-corrected chi connectivity index (χ1v) is 6.42. The summed E-state index contributed by atoms with van der Waals surface area (Å²) < 4.78 is 10.4. The zero-order valence-electron chi connectivity index (χ0n) is 11.6. The van der Waals surface area contributed by atoms with Crippen molar-refractivity contribution < 1.29 is 9.47 Å². The zero-order chi connectivity index (χ0) is 15.2. The predicted octanol–water partition coefficient (Wildman–Crippen LogP) is 2.63. The van der Waals surface area contributed by atoms with Crippen LogP contribution in [0.2, 0.25) is 5.02 Å². The quantitative estimate of drug-likeness (QED) is 0.914. The summed E-state index contributed by atoms with van der Waals surface area (Å²) in [6.45, 7) is 0.374. The highest BCUT2D eigenvalue weighted by atomic mass is 35.5. The molecule has 0 atom stereocenters. The molecule has 1 aromatic carbocycles. The summed E-state index contributed by atoms with van der Waals surface area (Å²) in [4.78, 5) is 8.08. The molecule has 0 unspecified atom stereocenters. The Balaban J connectivity index is 2.22. The van der Waals surface area contributed by atoms with Crippen LogP contribution in [0.4, 0.5) is 5.69 Å². The number of benzene rings is 1. The van der Waals surface area contributed by atoms with Gasteiger partial charge in [0.15, 0.2) is 0 Å². The number of rotatable bonds is 5. The summed E-state index contributed by atoms with van der Waals surface area (Å²) in [5.41, 5.74) is 1.88. The average molecular weight is 305 g/mol. The lowest BCUT2D eigenvalue weighted by Crippen LogP contribution is -2.07. The third kappa shape index (κ3) is 3.33. The van der Waals surface area contributed by atoms with E-state index in [1.165, 1.54) is 20.5 Å². The minimum atomic E-state index is 0.374. The molecule has 2 aromatic rings. The van der Waals surface area contributed by atoms with E-state index >= 15 is 0 Å². The Morgan fingerprint density at radius 1 is 1.24 bits per heavy atom. The SMILES string of the molecule is COc1ncnc(OC)c1CNc1ccc(C#N)cc1Cl. The number of ether oxygens (including phenoxy) is 2. The number of nitriles is 1. The molecule has 21 heavy (non-hydrogen) atoms. The van der Waals surface area contributed by atoms with Crippen molar-refractivity contribution in [3.8, 4) is 17.8 Å². The number of hydrogen-bond acceptors (Lipinski definition) is 6. The van der Waals surface area contributed by atoms with Crippen molar-refractivity contribution >= 4 is 17.3 Å². The van der Waals surface area contributed by atoms with Crippen LogP contribution in [0, 0.1) is 11.3 Å². The number of methoxy groups -OCH3 is 2. The van der Waals surface area contributed by atoms with E-state index in [-0.39, 0.29) is 0 Å². The Labute approximate surface area is 127 Å². The second-order valence-corrected chi connectivity index (χ2v) is 4.44. The van der Waals surface area contributed by atoms with E-state index in [9.17, 15) is 0 Å². The number of halogens is 1. The van der Waals surface area contributed by atoms with Crippen LogP contribution >= 0.6 is 11.6 Å². The van der Waals surface area contributed by atoms with E-state index in [0.717, 1.165) is 0 Å². The van der Waals surface area contributed by atoms with Crippen LogP contribution in [0.15, 0.2) is 24.5 Å². The van der Waals surface area contributed by atoms with Gasteiger partial charge < -0.3 is 14.8 Å². The van der Waals surface area contributed by atoms with E-state index in [2.05, 4.69) is 15.3 Å². The first-order valence-electron chi connectivity index (χ1n) is 6.05. The van der Waals surface area contributed by atoms with Gasteiger partial charge in [-0.1, -0.05) is 11.6 Å². The molecule has 0 aliphatic carbocycles. The molecule has 7 heteroatoms. The summed E-state index contributed by atoms with van der Waals surface area (Å²) in [6.07, 6.45) is 1.37. The van der Waals surface area contributed by atoms with Gasteiger partial charge in [-0.25, -0.2) is 9.97 Å². The highest BCUT2D eigenvalue weighted by Gasteiger charge is 2.13. The molecule has 0 saturated heterocycles. The van der Waals surface area contributed by atoms with Crippen molar-refractivity contribution in [1.82, 2.24) is 9.97 Å². The van der Waals surface area contributed by atoms with Crippen LogP contribution in [0.1, 0.15) is 11.1 Å². The predicted molar refractivity (Wildman–Crippen MR) is 78.6 cm³/mol. The Bertz CT molecular complexity index is 663. The maximum atomic E-state index is 8.82. The number of aromatic nitrogens is 2. The van der Waals surface area contributed by atoms with E-state index in [1.54, 1.807) is 18.2 Å². The summed E-state index contributed by atoms with van der Waals surface area (Å²) in [5.74, 6) is 0.859. The van der Waals surface area contributed by atoms with Gasteiger partial charge in [0.1, 0.15) is 6.33 Å². The van der Waals surface area contributed by atoms with Gasteiger partial charge in [0.05, 0.1) is 48.7 Å². The lowest BCUT2D eigenvalue weighted by atomic mass is 10.2. The third-order valence-electron chi connectivity index (χ3n) is 2.81. The summed E-state index contributed by atoms with van der Waals surface area (Å²) in [5, 5.41) is 12.4. The number of nitrogens with one attached hydrogen (secondary N) is 1. The van der Waals surface area contributed by atoms with Crippen molar-refractivity contribution in [1.29, 1.82) is 5.26 Å². The molecule has 0 bridgehead atoms. The van der Waals surface area contributed by atoms with Crippen molar-refractivity contribution in [2.75, 3.05) is 19.5 Å². The highest BCUT2D eigenvalue weighted by Crippen LogP contribution is 2.27. The molecule has 108 valence electrons. The number of anilines is 1. The molecular weight excluding hydrogens is 292 g/mol. The van der Waals surface area contributed by atoms with Gasteiger partial charge >= 0.3 is 0 Å². The fraction of sp³-hybridized carbons (Fsp3) is 0.214. The van der Waals surface area contributed by atoms with E-state index in [1.807, 2.05) is 6.07 Å². The van der Waals surface area contributed by atoms with Gasteiger partial charge in [-0.2, -0.15) is 5.26 Å². The van der Waals surface area contributed by atoms with Crippen LogP contribution < -0.4 is 14.8 Å². The Hall–Kier alpha value is -2.52. The molecule has 1 heterocycles. The highest BCUT2D eigenvalue weighted by molar-refractivity contribution is 6.33. The average Bonchev–Trinajstić information content (AvgIpc) is 2.53. The lowest BCUT2D eigenvalue weighted by Gasteiger charge is -2.13. The zero-order valence-corrected chi connectivity index (χ0v) is 12.3. The first-order chi connectivity index (χ1) is 10.2.